The van der Waals surface area contributed by atoms with Crippen LogP contribution in [0.15, 0.2) is 48.5 Å². The van der Waals surface area contributed by atoms with E-state index in [0.29, 0.717) is 0 Å². The van der Waals surface area contributed by atoms with Gasteiger partial charge in [0.05, 0.1) is 17.1 Å². The number of fused-ring (bicyclic) bond motifs is 1. The van der Waals surface area contributed by atoms with Gasteiger partial charge in [0, 0.05) is 0 Å². The number of aromatic amines is 1. The van der Waals surface area contributed by atoms with Crippen LogP contribution in [0.25, 0.3) is 11.0 Å². The lowest BCUT2D eigenvalue weighted by molar-refractivity contribution is -0.123. The predicted octanol–water partition coefficient (Wildman–Crippen LogP) is 3.38. The third-order valence-electron chi connectivity index (χ3n) is 3.91. The molecule has 0 saturated heterocycles. The lowest BCUT2D eigenvalue weighted by Crippen LogP contribution is -2.31. The van der Waals surface area contributed by atoms with Gasteiger partial charge in [-0.05, 0) is 37.1 Å². The van der Waals surface area contributed by atoms with E-state index >= 15 is 0 Å². The van der Waals surface area contributed by atoms with Crippen molar-refractivity contribution >= 4 is 16.9 Å². The number of carbonyl (C=O) groups is 1. The maximum Gasteiger partial charge on any atom is 0.258 e. The highest BCUT2D eigenvalue weighted by Crippen LogP contribution is 2.18. The van der Waals surface area contributed by atoms with Crippen LogP contribution in [0.2, 0.25) is 0 Å². The number of benzene rings is 2. The first-order valence-corrected chi connectivity index (χ1v) is 8.12. The molecule has 2 N–H and O–H groups in total. The van der Waals surface area contributed by atoms with E-state index in [4.69, 9.17) is 4.74 Å². The van der Waals surface area contributed by atoms with Gasteiger partial charge in [0.15, 0.2) is 6.61 Å². The molecule has 1 aromatic heterocycles. The minimum Gasteiger partial charge on any atom is -0.483 e. The topological polar surface area (TPSA) is 67.0 Å². The van der Waals surface area contributed by atoms with Crippen LogP contribution < -0.4 is 10.1 Å². The molecule has 0 bridgehead atoms. The van der Waals surface area contributed by atoms with Crippen LogP contribution in [0.3, 0.4) is 0 Å². The van der Waals surface area contributed by atoms with Crippen molar-refractivity contribution < 1.29 is 9.53 Å². The van der Waals surface area contributed by atoms with Crippen LogP contribution in [0.1, 0.15) is 31.3 Å². The van der Waals surface area contributed by atoms with Crippen molar-refractivity contribution in [1.29, 1.82) is 0 Å². The van der Waals surface area contributed by atoms with Gasteiger partial charge in [-0.2, -0.15) is 0 Å². The number of hydrogen-bond acceptors (Lipinski definition) is 3. The number of H-pyrrole nitrogens is 1. The van der Waals surface area contributed by atoms with Crippen LogP contribution >= 0.6 is 0 Å². The summed E-state index contributed by atoms with van der Waals surface area (Å²) in [5.41, 5.74) is 2.94. The van der Waals surface area contributed by atoms with Crippen molar-refractivity contribution in [3.05, 3.63) is 59.9 Å². The molecular weight excluding hydrogens is 302 g/mol. The number of carbonyl (C=O) groups excluding carboxylic acids is 1. The second-order valence-corrected chi connectivity index (χ2v) is 5.68. The molecule has 1 atom stereocenters. The number of aromatic nitrogens is 2. The average Bonchev–Trinajstić information content (AvgIpc) is 3.04. The summed E-state index contributed by atoms with van der Waals surface area (Å²) in [7, 11) is 0. The number of aryl methyl sites for hydroxylation is 1. The lowest BCUT2D eigenvalue weighted by Gasteiger charge is -2.13. The monoisotopic (exact) mass is 323 g/mol. The number of hydrogen-bond donors (Lipinski definition) is 2. The van der Waals surface area contributed by atoms with Crippen molar-refractivity contribution in [3.8, 4) is 5.75 Å². The van der Waals surface area contributed by atoms with E-state index in [1.807, 2.05) is 55.5 Å². The van der Waals surface area contributed by atoms with Gasteiger partial charge in [0.25, 0.3) is 5.91 Å². The van der Waals surface area contributed by atoms with Gasteiger partial charge in [-0.15, -0.1) is 0 Å². The average molecular weight is 323 g/mol. The molecule has 1 amide bonds. The molecule has 2 aromatic carbocycles. The highest BCUT2D eigenvalue weighted by Gasteiger charge is 2.14. The lowest BCUT2D eigenvalue weighted by atomic mass is 10.1. The molecule has 0 unspecified atom stereocenters. The standard InChI is InChI=1S/C19H21N3O2/c1-3-14-8-4-7-11-17(14)24-12-18(23)20-13(2)19-21-15-9-5-6-10-16(15)22-19/h4-11,13H,3,12H2,1-2H3,(H,20,23)(H,21,22)/t13-/m1/s1. The number of ether oxygens (including phenoxy) is 1. The Labute approximate surface area is 141 Å². The Kier molecular flexibility index (Phi) is 4.79. The third kappa shape index (κ3) is 3.56. The van der Waals surface area contributed by atoms with E-state index in [1.165, 1.54) is 0 Å². The number of rotatable bonds is 6. The molecule has 0 radical (unpaired) electrons. The fourth-order valence-corrected chi connectivity index (χ4v) is 2.61. The van der Waals surface area contributed by atoms with Gasteiger partial charge < -0.3 is 15.0 Å². The summed E-state index contributed by atoms with van der Waals surface area (Å²) in [6, 6.07) is 15.3. The molecule has 0 saturated carbocycles. The smallest absolute Gasteiger partial charge is 0.258 e. The highest BCUT2D eigenvalue weighted by molar-refractivity contribution is 5.78. The Balaban J connectivity index is 1.60. The van der Waals surface area contributed by atoms with E-state index in [-0.39, 0.29) is 18.6 Å². The maximum absolute atomic E-state index is 12.1. The molecule has 0 fully saturated rings. The molecule has 0 aliphatic carbocycles. The van der Waals surface area contributed by atoms with Gasteiger partial charge in [0.1, 0.15) is 11.6 Å². The SMILES string of the molecule is CCc1ccccc1OCC(=O)N[C@H](C)c1nc2ccccc2[nH]1. The summed E-state index contributed by atoms with van der Waals surface area (Å²) in [6.45, 7) is 3.95. The summed E-state index contributed by atoms with van der Waals surface area (Å²) >= 11 is 0. The Morgan fingerprint density at radius 2 is 1.96 bits per heavy atom. The number of nitrogens with zero attached hydrogens (tertiary/aromatic N) is 1. The van der Waals surface area contributed by atoms with Gasteiger partial charge in [-0.25, -0.2) is 4.98 Å². The minimum absolute atomic E-state index is 0.0123. The van der Waals surface area contributed by atoms with E-state index in [1.54, 1.807) is 0 Å². The number of imidazole rings is 1. The molecule has 1 heterocycles. The summed E-state index contributed by atoms with van der Waals surface area (Å²) in [4.78, 5) is 19.9. The Morgan fingerprint density at radius 1 is 1.21 bits per heavy atom. The van der Waals surface area contributed by atoms with Crippen LogP contribution in [0.4, 0.5) is 0 Å². The summed E-state index contributed by atoms with van der Waals surface area (Å²) in [5.74, 6) is 1.32. The first-order chi connectivity index (χ1) is 11.7. The number of para-hydroxylation sites is 3. The molecule has 3 rings (SSSR count). The van der Waals surface area contributed by atoms with E-state index in [2.05, 4.69) is 22.2 Å². The van der Waals surface area contributed by atoms with Crippen molar-refractivity contribution in [2.45, 2.75) is 26.3 Å². The molecule has 124 valence electrons. The number of nitrogens with one attached hydrogen (secondary N) is 2. The molecule has 0 aliphatic rings. The summed E-state index contributed by atoms with van der Waals surface area (Å²) in [6.07, 6.45) is 0.868. The first kappa shape index (κ1) is 16.1. The molecule has 0 aliphatic heterocycles. The maximum atomic E-state index is 12.1. The zero-order valence-corrected chi connectivity index (χ0v) is 13.9. The minimum atomic E-state index is -0.213. The Hall–Kier alpha value is -2.82. The second kappa shape index (κ2) is 7.17. The molecule has 5 heteroatoms. The summed E-state index contributed by atoms with van der Waals surface area (Å²) in [5, 5.41) is 2.91. The number of amides is 1. The van der Waals surface area contributed by atoms with Crippen molar-refractivity contribution in [1.82, 2.24) is 15.3 Å². The zero-order chi connectivity index (χ0) is 16.9. The predicted molar refractivity (Wildman–Crippen MR) is 94.0 cm³/mol. The first-order valence-electron chi connectivity index (χ1n) is 8.12. The molecule has 5 nitrogen and oxygen atoms in total. The summed E-state index contributed by atoms with van der Waals surface area (Å²) < 4.78 is 5.64. The van der Waals surface area contributed by atoms with Gasteiger partial charge in [0.2, 0.25) is 0 Å². The Morgan fingerprint density at radius 3 is 2.75 bits per heavy atom. The van der Waals surface area contributed by atoms with Gasteiger partial charge in [-0.1, -0.05) is 37.3 Å². The molecule has 24 heavy (non-hydrogen) atoms. The largest absolute Gasteiger partial charge is 0.483 e. The van der Waals surface area contributed by atoms with Crippen molar-refractivity contribution in [2.75, 3.05) is 6.61 Å². The van der Waals surface area contributed by atoms with Crippen molar-refractivity contribution in [3.63, 3.8) is 0 Å². The van der Waals surface area contributed by atoms with Gasteiger partial charge >= 0.3 is 0 Å². The molecule has 3 aromatic rings. The van der Waals surface area contributed by atoms with Gasteiger partial charge in [-0.3, -0.25) is 4.79 Å². The van der Waals surface area contributed by atoms with Crippen LogP contribution in [-0.4, -0.2) is 22.5 Å². The van der Waals surface area contributed by atoms with Crippen LogP contribution in [0, 0.1) is 0 Å². The normalized spacial score (nSPS) is 12.1. The second-order valence-electron chi connectivity index (χ2n) is 5.68. The fourth-order valence-electron chi connectivity index (χ4n) is 2.61. The van der Waals surface area contributed by atoms with E-state index in [0.717, 1.165) is 34.6 Å². The zero-order valence-electron chi connectivity index (χ0n) is 13.9. The highest BCUT2D eigenvalue weighted by atomic mass is 16.5. The third-order valence-corrected chi connectivity index (χ3v) is 3.91. The van der Waals surface area contributed by atoms with E-state index in [9.17, 15) is 4.79 Å². The van der Waals surface area contributed by atoms with Crippen LogP contribution in [0.5, 0.6) is 5.75 Å². The molecular formula is C19H21N3O2. The quantitative estimate of drug-likeness (QED) is 0.731. The fraction of sp³-hybridized carbons (Fsp3) is 0.263. The Bertz CT molecular complexity index is 808. The molecule has 0 spiro atoms. The van der Waals surface area contributed by atoms with Crippen molar-refractivity contribution in [2.24, 2.45) is 0 Å². The van der Waals surface area contributed by atoms with E-state index < -0.39 is 0 Å². The van der Waals surface area contributed by atoms with Crippen LogP contribution in [-0.2, 0) is 11.2 Å².